The molecule has 1 aliphatic carbocycles. The van der Waals surface area contributed by atoms with Crippen molar-refractivity contribution in [1.29, 1.82) is 0 Å². The second kappa shape index (κ2) is 7.33. The van der Waals surface area contributed by atoms with Crippen LogP contribution in [0.1, 0.15) is 64.2 Å². The van der Waals surface area contributed by atoms with E-state index in [1.54, 1.807) is 11.3 Å². The van der Waals surface area contributed by atoms with Crippen molar-refractivity contribution in [3.8, 4) is 0 Å². The van der Waals surface area contributed by atoms with E-state index < -0.39 is 0 Å². The number of rotatable bonds is 6. The summed E-state index contributed by atoms with van der Waals surface area (Å²) in [6.07, 6.45) is 9.41. The Hall–Kier alpha value is 0.430. The number of halogens is 2. The molecule has 1 aromatic heterocycles. The molecule has 0 amide bonds. The van der Waals surface area contributed by atoms with Gasteiger partial charge in [-0.15, -0.1) is 11.3 Å². The zero-order valence-corrected chi connectivity index (χ0v) is 16.6. The molecule has 0 unspecified atom stereocenters. The summed E-state index contributed by atoms with van der Waals surface area (Å²) in [7, 11) is 0. The Labute approximate surface area is 147 Å². The molecule has 0 saturated heterocycles. The molecule has 1 saturated carbocycles. The molecule has 0 radical (unpaired) electrons. The first-order chi connectivity index (χ1) is 9.80. The summed E-state index contributed by atoms with van der Waals surface area (Å²) in [6.45, 7) is 7.89. The van der Waals surface area contributed by atoms with Gasteiger partial charge >= 0.3 is 0 Å². The van der Waals surface area contributed by atoms with Gasteiger partial charge in [-0.3, -0.25) is 0 Å². The standard InChI is InChI=1S/C17H27BrClNS/c1-16(2,3)20-11-10-17(7-4-5-8-17)9-6-13-12-14(19)15(18)21-13/h12,20H,4-11H2,1-3H3. The smallest absolute Gasteiger partial charge is 0.0887 e. The van der Waals surface area contributed by atoms with Crippen molar-refractivity contribution in [2.24, 2.45) is 5.41 Å². The Kier molecular flexibility index (Phi) is 6.21. The van der Waals surface area contributed by atoms with Crippen LogP contribution in [-0.4, -0.2) is 12.1 Å². The number of thiophene rings is 1. The van der Waals surface area contributed by atoms with Gasteiger partial charge in [0.15, 0.2) is 0 Å². The van der Waals surface area contributed by atoms with Crippen molar-refractivity contribution in [2.75, 3.05) is 6.54 Å². The molecule has 0 bridgehead atoms. The molecule has 0 aliphatic heterocycles. The average molecular weight is 393 g/mol. The van der Waals surface area contributed by atoms with Gasteiger partial charge in [-0.25, -0.2) is 0 Å². The zero-order chi connectivity index (χ0) is 15.5. The van der Waals surface area contributed by atoms with Gasteiger partial charge in [0, 0.05) is 10.4 Å². The summed E-state index contributed by atoms with van der Waals surface area (Å²) in [5.74, 6) is 0. The molecule has 120 valence electrons. The van der Waals surface area contributed by atoms with Crippen LogP contribution in [0.3, 0.4) is 0 Å². The van der Waals surface area contributed by atoms with Crippen LogP contribution in [0, 0.1) is 5.41 Å². The molecule has 21 heavy (non-hydrogen) atoms. The first-order valence-corrected chi connectivity index (χ1v) is 9.97. The van der Waals surface area contributed by atoms with Crippen LogP contribution in [0.15, 0.2) is 9.85 Å². The van der Waals surface area contributed by atoms with Gasteiger partial charge in [0.2, 0.25) is 0 Å². The van der Waals surface area contributed by atoms with Crippen LogP contribution in [-0.2, 0) is 6.42 Å². The van der Waals surface area contributed by atoms with Crippen molar-refractivity contribution < 1.29 is 0 Å². The van der Waals surface area contributed by atoms with Crippen molar-refractivity contribution in [3.63, 3.8) is 0 Å². The highest BCUT2D eigenvalue weighted by Crippen LogP contribution is 2.45. The second-order valence-electron chi connectivity index (χ2n) is 7.47. The number of hydrogen-bond acceptors (Lipinski definition) is 2. The van der Waals surface area contributed by atoms with Crippen LogP contribution in [0.4, 0.5) is 0 Å². The first-order valence-electron chi connectivity index (χ1n) is 7.98. The summed E-state index contributed by atoms with van der Waals surface area (Å²) in [5, 5.41) is 4.52. The summed E-state index contributed by atoms with van der Waals surface area (Å²) in [5.41, 5.74) is 0.785. The second-order valence-corrected chi connectivity index (χ2v) is 10.3. The molecular formula is C17H27BrClNS. The fraction of sp³-hybridized carbons (Fsp3) is 0.765. The third-order valence-corrected chi connectivity index (χ3v) is 7.11. The van der Waals surface area contributed by atoms with Gasteiger partial charge in [0.25, 0.3) is 0 Å². The maximum absolute atomic E-state index is 6.15. The predicted octanol–water partition coefficient (Wildman–Crippen LogP) is 6.44. The van der Waals surface area contributed by atoms with E-state index in [9.17, 15) is 0 Å². The Bertz CT molecular complexity index is 438. The molecule has 0 atom stereocenters. The van der Waals surface area contributed by atoms with Crippen LogP contribution in [0.25, 0.3) is 0 Å². The predicted molar refractivity (Wildman–Crippen MR) is 98.6 cm³/mol. The SMILES string of the molecule is CC(C)(C)NCCC1(CCc2cc(Cl)c(Br)s2)CCCC1. The minimum absolute atomic E-state index is 0.228. The summed E-state index contributed by atoms with van der Waals surface area (Å²) < 4.78 is 1.08. The van der Waals surface area contributed by atoms with Crippen LogP contribution < -0.4 is 5.32 Å². The lowest BCUT2D eigenvalue weighted by molar-refractivity contribution is 0.235. The maximum atomic E-state index is 6.15. The average Bonchev–Trinajstić information content (AvgIpc) is 2.95. The first kappa shape index (κ1) is 17.8. The van der Waals surface area contributed by atoms with Gasteiger partial charge in [0.1, 0.15) is 0 Å². The lowest BCUT2D eigenvalue weighted by Gasteiger charge is -2.31. The van der Waals surface area contributed by atoms with Crippen LogP contribution in [0.5, 0.6) is 0 Å². The molecule has 1 aromatic rings. The van der Waals surface area contributed by atoms with Crippen molar-refractivity contribution in [3.05, 3.63) is 19.8 Å². The topological polar surface area (TPSA) is 12.0 Å². The number of hydrogen-bond donors (Lipinski definition) is 1. The molecule has 1 fully saturated rings. The zero-order valence-electron chi connectivity index (χ0n) is 13.4. The Balaban J connectivity index is 1.89. The minimum atomic E-state index is 0.228. The van der Waals surface area contributed by atoms with E-state index in [4.69, 9.17) is 11.6 Å². The third-order valence-electron chi connectivity index (χ3n) is 4.57. The maximum Gasteiger partial charge on any atom is 0.0887 e. The largest absolute Gasteiger partial charge is 0.312 e. The van der Waals surface area contributed by atoms with E-state index >= 15 is 0 Å². The quantitative estimate of drug-likeness (QED) is 0.587. The number of nitrogens with one attached hydrogen (secondary N) is 1. The number of aryl methyl sites for hydroxylation is 1. The Morgan fingerprint density at radius 2 is 1.95 bits per heavy atom. The lowest BCUT2D eigenvalue weighted by Crippen LogP contribution is -2.38. The van der Waals surface area contributed by atoms with Crippen LogP contribution >= 0.6 is 38.9 Å². The van der Waals surface area contributed by atoms with Crippen molar-refractivity contribution >= 4 is 38.9 Å². The Morgan fingerprint density at radius 3 is 2.48 bits per heavy atom. The highest BCUT2D eigenvalue weighted by atomic mass is 79.9. The van der Waals surface area contributed by atoms with Gasteiger partial charge in [-0.05, 0) is 86.8 Å². The van der Waals surface area contributed by atoms with E-state index in [2.05, 4.69) is 48.1 Å². The summed E-state index contributed by atoms with van der Waals surface area (Å²) >= 11 is 11.5. The van der Waals surface area contributed by atoms with Gasteiger partial charge < -0.3 is 5.32 Å². The van der Waals surface area contributed by atoms with Gasteiger partial charge in [-0.1, -0.05) is 24.4 Å². The normalized spacial score (nSPS) is 18.3. The van der Waals surface area contributed by atoms with E-state index in [1.807, 2.05) is 0 Å². The highest BCUT2D eigenvalue weighted by molar-refractivity contribution is 9.11. The van der Waals surface area contributed by atoms with E-state index in [1.165, 1.54) is 49.8 Å². The molecule has 0 aromatic carbocycles. The summed E-state index contributed by atoms with van der Waals surface area (Å²) in [6, 6.07) is 2.13. The monoisotopic (exact) mass is 391 g/mol. The molecule has 0 spiro atoms. The molecule has 1 nitrogen and oxygen atoms in total. The molecule has 4 heteroatoms. The fourth-order valence-electron chi connectivity index (χ4n) is 3.36. The molecule has 1 N–H and O–H groups in total. The van der Waals surface area contributed by atoms with Crippen molar-refractivity contribution in [2.45, 2.75) is 71.3 Å². The molecule has 1 heterocycles. The van der Waals surface area contributed by atoms with Crippen molar-refractivity contribution in [1.82, 2.24) is 5.32 Å². The van der Waals surface area contributed by atoms with Crippen LogP contribution in [0.2, 0.25) is 5.02 Å². The van der Waals surface area contributed by atoms with Gasteiger partial charge in [0.05, 0.1) is 8.81 Å². The molecular weight excluding hydrogens is 366 g/mol. The van der Waals surface area contributed by atoms with E-state index in [-0.39, 0.29) is 5.54 Å². The van der Waals surface area contributed by atoms with E-state index in [0.717, 1.165) is 15.4 Å². The van der Waals surface area contributed by atoms with Gasteiger partial charge in [-0.2, -0.15) is 0 Å². The minimum Gasteiger partial charge on any atom is -0.312 e. The molecule has 1 aliphatic rings. The highest BCUT2D eigenvalue weighted by Gasteiger charge is 2.33. The van der Waals surface area contributed by atoms with E-state index in [0.29, 0.717) is 5.41 Å². The molecule has 2 rings (SSSR count). The fourth-order valence-corrected chi connectivity index (χ4v) is 5.17. The third kappa shape index (κ3) is 5.53. The Morgan fingerprint density at radius 1 is 1.29 bits per heavy atom. The lowest BCUT2D eigenvalue weighted by atomic mass is 9.78. The summed E-state index contributed by atoms with van der Waals surface area (Å²) in [4.78, 5) is 1.42.